The van der Waals surface area contributed by atoms with Gasteiger partial charge in [0.25, 0.3) is 5.56 Å². The van der Waals surface area contributed by atoms with Gasteiger partial charge in [-0.1, -0.05) is 17.3 Å². The van der Waals surface area contributed by atoms with Crippen molar-refractivity contribution in [3.05, 3.63) is 58.6 Å². The predicted molar refractivity (Wildman–Crippen MR) is 79.9 cm³/mol. The van der Waals surface area contributed by atoms with Gasteiger partial charge >= 0.3 is 5.97 Å². The first-order chi connectivity index (χ1) is 11.1. The van der Waals surface area contributed by atoms with Gasteiger partial charge in [0.2, 0.25) is 5.78 Å². The van der Waals surface area contributed by atoms with Crippen LogP contribution in [-0.2, 0) is 16.1 Å². The summed E-state index contributed by atoms with van der Waals surface area (Å²) < 4.78 is 5.77. The number of aromatic nitrogens is 4. The lowest BCUT2D eigenvalue weighted by Crippen LogP contribution is -2.29. The summed E-state index contributed by atoms with van der Waals surface area (Å²) in [6.45, 7) is -0.816. The van der Waals surface area contributed by atoms with E-state index in [9.17, 15) is 14.4 Å². The number of H-pyrrole nitrogens is 1. The number of carbonyl (C=O) groups is 2. The topological polar surface area (TPSA) is 107 Å². The van der Waals surface area contributed by atoms with Crippen LogP contribution in [0.15, 0.2) is 47.4 Å². The maximum atomic E-state index is 12.2. The second-order valence-corrected chi connectivity index (χ2v) is 4.74. The van der Waals surface area contributed by atoms with Crippen molar-refractivity contribution in [2.75, 3.05) is 6.61 Å². The van der Waals surface area contributed by atoms with Crippen LogP contribution in [0, 0.1) is 0 Å². The predicted octanol–water partition coefficient (Wildman–Crippen LogP) is 0.546. The molecule has 1 N–H and O–H groups in total. The summed E-state index contributed by atoms with van der Waals surface area (Å²) in [5.41, 5.74) is 0.354. The number of hydrogen-bond donors (Lipinski definition) is 1. The molecule has 2 aromatic heterocycles. The number of esters is 1. The summed E-state index contributed by atoms with van der Waals surface area (Å²) in [4.78, 5) is 38.4. The molecular weight excluding hydrogens is 300 g/mol. The third kappa shape index (κ3) is 3.15. The molecule has 8 heteroatoms. The van der Waals surface area contributed by atoms with Crippen LogP contribution in [0.25, 0.3) is 10.9 Å². The summed E-state index contributed by atoms with van der Waals surface area (Å²) in [6, 6.07) is 9.93. The molecule has 0 unspecified atom stereocenters. The number of benzene rings is 1. The zero-order chi connectivity index (χ0) is 16.2. The van der Waals surface area contributed by atoms with Crippen molar-refractivity contribution in [1.82, 2.24) is 20.0 Å². The number of carbonyl (C=O) groups excluding carboxylic acids is 2. The smallest absolute Gasteiger partial charge is 0.328 e. The molecule has 0 radical (unpaired) electrons. The number of aromatic amines is 1. The first-order valence-corrected chi connectivity index (χ1v) is 6.80. The number of nitrogens with one attached hydrogen (secondary N) is 1. The average molecular weight is 312 g/mol. The fourth-order valence-corrected chi connectivity index (χ4v) is 2.02. The summed E-state index contributed by atoms with van der Waals surface area (Å²) >= 11 is 0. The molecule has 8 nitrogen and oxygen atoms in total. The number of Topliss-reactive ketones (excluding diaryl/α,β-unsaturated/α-hetero) is 1. The Bertz CT molecular complexity index is 915. The molecule has 0 aliphatic rings. The van der Waals surface area contributed by atoms with Crippen molar-refractivity contribution in [2.45, 2.75) is 6.54 Å². The normalized spacial score (nSPS) is 10.6. The molecule has 0 saturated heterocycles. The average Bonchev–Trinajstić information content (AvgIpc) is 3.10. The number of fused-ring (bicyclic) bond motifs is 1. The van der Waals surface area contributed by atoms with Crippen LogP contribution in [0.4, 0.5) is 0 Å². The fraction of sp³-hybridized carbons (Fsp3) is 0.133. The molecule has 1 aromatic carbocycles. The lowest BCUT2D eigenvalue weighted by Gasteiger charge is -2.05. The monoisotopic (exact) mass is 312 g/mol. The highest BCUT2D eigenvalue weighted by Crippen LogP contribution is 2.03. The number of hydrogen-bond acceptors (Lipinski definition) is 6. The minimum atomic E-state index is -0.739. The van der Waals surface area contributed by atoms with E-state index >= 15 is 0 Å². The highest BCUT2D eigenvalue weighted by molar-refractivity contribution is 5.96. The first kappa shape index (κ1) is 14.6. The third-order valence-corrected chi connectivity index (χ3v) is 3.17. The molecule has 0 bridgehead atoms. The summed E-state index contributed by atoms with van der Waals surface area (Å²) in [7, 11) is 0. The lowest BCUT2D eigenvalue weighted by atomic mass is 10.2. The van der Waals surface area contributed by atoms with E-state index in [4.69, 9.17) is 4.74 Å². The van der Waals surface area contributed by atoms with Gasteiger partial charge in [-0.25, -0.2) is 0 Å². The van der Waals surface area contributed by atoms with E-state index in [0.29, 0.717) is 16.6 Å². The van der Waals surface area contributed by atoms with Crippen molar-refractivity contribution in [3.63, 3.8) is 0 Å². The van der Waals surface area contributed by atoms with Crippen molar-refractivity contribution >= 4 is 22.7 Å². The van der Waals surface area contributed by atoms with E-state index in [1.807, 2.05) is 0 Å². The molecule has 0 aliphatic carbocycles. The molecule has 116 valence electrons. The lowest BCUT2D eigenvalue weighted by molar-refractivity contribution is -0.143. The van der Waals surface area contributed by atoms with Crippen LogP contribution >= 0.6 is 0 Å². The van der Waals surface area contributed by atoms with Crippen molar-refractivity contribution in [2.24, 2.45) is 0 Å². The molecule has 0 spiro atoms. The third-order valence-electron chi connectivity index (χ3n) is 3.17. The standard InChI is InChI=1S/C15H12N4O4/c20-13(12-6-3-7-16-12)9-23-14(21)8-19-15(22)10-4-1-2-5-11(10)17-18-19/h1-7,16H,8-9H2. The number of ether oxygens (including phenoxy) is 1. The van der Waals surface area contributed by atoms with Gasteiger partial charge in [-0.3, -0.25) is 14.4 Å². The van der Waals surface area contributed by atoms with E-state index in [2.05, 4.69) is 15.3 Å². The Morgan fingerprint density at radius 1 is 1.17 bits per heavy atom. The van der Waals surface area contributed by atoms with Gasteiger partial charge in [-0.05, 0) is 24.3 Å². The van der Waals surface area contributed by atoms with Crippen molar-refractivity contribution in [1.29, 1.82) is 0 Å². The van der Waals surface area contributed by atoms with Crippen LogP contribution in [-0.4, -0.2) is 38.3 Å². The maximum Gasteiger partial charge on any atom is 0.328 e. The zero-order valence-corrected chi connectivity index (χ0v) is 11.9. The summed E-state index contributed by atoms with van der Waals surface area (Å²) in [5, 5.41) is 7.91. The molecule has 0 saturated carbocycles. The Balaban J connectivity index is 1.67. The molecule has 2 heterocycles. The number of rotatable bonds is 5. The number of ketones is 1. The molecule has 3 rings (SSSR count). The van der Waals surface area contributed by atoms with Gasteiger partial charge in [0, 0.05) is 6.20 Å². The SMILES string of the molecule is O=C(Cn1nnc2ccccc2c1=O)OCC(=O)c1ccc[nH]1. The van der Waals surface area contributed by atoms with Crippen LogP contribution in [0.3, 0.4) is 0 Å². The Morgan fingerprint density at radius 2 is 2.00 bits per heavy atom. The Kier molecular flexibility index (Phi) is 3.96. The maximum absolute atomic E-state index is 12.2. The van der Waals surface area contributed by atoms with Crippen molar-refractivity contribution in [3.8, 4) is 0 Å². The van der Waals surface area contributed by atoms with Crippen LogP contribution in [0.2, 0.25) is 0 Å². The highest BCUT2D eigenvalue weighted by Gasteiger charge is 2.13. The minimum absolute atomic E-state index is 0.348. The van der Waals surface area contributed by atoms with E-state index < -0.39 is 24.7 Å². The van der Waals surface area contributed by atoms with Gasteiger partial charge in [0.15, 0.2) is 6.61 Å². The van der Waals surface area contributed by atoms with Crippen molar-refractivity contribution < 1.29 is 14.3 Å². The molecule has 23 heavy (non-hydrogen) atoms. The second kappa shape index (κ2) is 6.22. The zero-order valence-electron chi connectivity index (χ0n) is 11.9. The molecular formula is C15H12N4O4. The van der Waals surface area contributed by atoms with Gasteiger partial charge in [0.1, 0.15) is 12.1 Å². The second-order valence-electron chi connectivity index (χ2n) is 4.74. The van der Waals surface area contributed by atoms with E-state index in [1.54, 1.807) is 42.6 Å². The first-order valence-electron chi connectivity index (χ1n) is 6.80. The molecule has 3 aromatic rings. The van der Waals surface area contributed by atoms with Crippen LogP contribution in [0.5, 0.6) is 0 Å². The summed E-state index contributed by atoms with van der Waals surface area (Å²) in [5.74, 6) is -1.10. The largest absolute Gasteiger partial charge is 0.456 e. The molecule has 0 fully saturated rings. The molecule has 0 aliphatic heterocycles. The molecule has 0 amide bonds. The van der Waals surface area contributed by atoms with Gasteiger partial charge < -0.3 is 9.72 Å². The van der Waals surface area contributed by atoms with E-state index in [-0.39, 0.29) is 5.78 Å². The Labute approximate surface area is 129 Å². The fourth-order valence-electron chi connectivity index (χ4n) is 2.02. The molecule has 0 atom stereocenters. The number of nitrogens with zero attached hydrogens (tertiary/aromatic N) is 3. The van der Waals surface area contributed by atoms with Crippen LogP contribution < -0.4 is 5.56 Å². The van der Waals surface area contributed by atoms with E-state index in [0.717, 1.165) is 4.68 Å². The van der Waals surface area contributed by atoms with Crippen LogP contribution in [0.1, 0.15) is 10.5 Å². The van der Waals surface area contributed by atoms with Gasteiger partial charge in [-0.15, -0.1) is 5.10 Å². The minimum Gasteiger partial charge on any atom is -0.456 e. The Hall–Kier alpha value is -3.29. The van der Waals surface area contributed by atoms with E-state index in [1.165, 1.54) is 0 Å². The quantitative estimate of drug-likeness (QED) is 0.544. The van der Waals surface area contributed by atoms with Gasteiger partial charge in [-0.2, -0.15) is 4.68 Å². The Morgan fingerprint density at radius 3 is 2.78 bits per heavy atom. The van der Waals surface area contributed by atoms with Gasteiger partial charge in [0.05, 0.1) is 11.1 Å². The highest BCUT2D eigenvalue weighted by atomic mass is 16.5. The summed E-state index contributed by atoms with van der Waals surface area (Å²) in [6.07, 6.45) is 1.60.